The molecule has 14 heavy (non-hydrogen) atoms. The van der Waals surface area contributed by atoms with Crippen LogP contribution in [0.3, 0.4) is 0 Å². The lowest BCUT2D eigenvalue weighted by molar-refractivity contribution is 0.542. The molecule has 0 saturated carbocycles. The van der Waals surface area contributed by atoms with Crippen molar-refractivity contribution < 1.29 is 4.42 Å². The zero-order valence-electron chi connectivity index (χ0n) is 7.84. The van der Waals surface area contributed by atoms with Gasteiger partial charge in [-0.15, -0.1) is 0 Å². The van der Waals surface area contributed by atoms with E-state index in [9.17, 15) is 0 Å². The third-order valence-corrected chi connectivity index (χ3v) is 1.40. The van der Waals surface area contributed by atoms with Gasteiger partial charge in [-0.3, -0.25) is 0 Å². The maximum absolute atomic E-state index is 5.29. The van der Waals surface area contributed by atoms with E-state index in [1.54, 1.807) is 12.1 Å². The number of rotatable bonds is 1. The van der Waals surface area contributed by atoms with E-state index in [0.29, 0.717) is 31.0 Å². The van der Waals surface area contributed by atoms with Crippen LogP contribution in [0.2, 0.25) is 0 Å². The predicted octanol–water partition coefficient (Wildman–Crippen LogP) is 0.290. The van der Waals surface area contributed by atoms with Crippen molar-refractivity contribution in [2.75, 3.05) is 13.1 Å². The van der Waals surface area contributed by atoms with Crippen LogP contribution in [0.15, 0.2) is 16.5 Å². The molecule has 0 unspecified atom stereocenters. The second-order valence-corrected chi connectivity index (χ2v) is 2.51. The van der Waals surface area contributed by atoms with Crippen molar-refractivity contribution in [3.05, 3.63) is 23.7 Å². The van der Waals surface area contributed by atoms with Gasteiger partial charge in [0, 0.05) is 13.0 Å². The Kier molecular flexibility index (Phi) is 4.37. The third-order valence-electron chi connectivity index (χ3n) is 1.40. The van der Waals surface area contributed by atoms with Gasteiger partial charge in [0.25, 0.3) is 0 Å². The van der Waals surface area contributed by atoms with E-state index in [0.717, 1.165) is 0 Å². The van der Waals surface area contributed by atoms with Crippen LogP contribution < -0.4 is 11.5 Å². The number of nitrogens with two attached hydrogens (primary N) is 2. The molecule has 0 aliphatic rings. The van der Waals surface area contributed by atoms with Crippen LogP contribution in [0.4, 0.5) is 0 Å². The smallest absolute Gasteiger partial charge is 0.178 e. The normalized spacial score (nSPS) is 8.43. The highest BCUT2D eigenvalue weighted by Gasteiger charge is 1.94. The standard InChI is InChI=1S/C11H12N2O/c12-8-2-1-4-10-6-7-11(14-10)5-3-9-13/h6-7H,2,8-9,12-13H2. The van der Waals surface area contributed by atoms with E-state index in [-0.39, 0.29) is 0 Å². The van der Waals surface area contributed by atoms with E-state index in [1.165, 1.54) is 0 Å². The summed E-state index contributed by atoms with van der Waals surface area (Å²) >= 11 is 0. The molecule has 0 spiro atoms. The fourth-order valence-electron chi connectivity index (χ4n) is 0.832. The second-order valence-electron chi connectivity index (χ2n) is 2.51. The van der Waals surface area contributed by atoms with Crippen molar-refractivity contribution in [1.29, 1.82) is 0 Å². The average Bonchev–Trinajstić information content (AvgIpc) is 2.63. The Bertz CT molecular complexity index is 398. The van der Waals surface area contributed by atoms with Gasteiger partial charge in [-0.1, -0.05) is 11.8 Å². The SMILES string of the molecule is NCC#Cc1ccc(C#CCCN)o1. The zero-order chi connectivity index (χ0) is 10.2. The molecule has 0 aliphatic heterocycles. The fraction of sp³-hybridized carbons (Fsp3) is 0.273. The van der Waals surface area contributed by atoms with Crippen LogP contribution >= 0.6 is 0 Å². The summed E-state index contributed by atoms with van der Waals surface area (Å²) in [5.74, 6) is 12.4. The summed E-state index contributed by atoms with van der Waals surface area (Å²) in [4.78, 5) is 0. The minimum absolute atomic E-state index is 0.328. The molecule has 0 fully saturated rings. The minimum Gasteiger partial charge on any atom is -0.439 e. The van der Waals surface area contributed by atoms with Gasteiger partial charge < -0.3 is 15.9 Å². The van der Waals surface area contributed by atoms with E-state index in [2.05, 4.69) is 23.7 Å². The summed E-state index contributed by atoms with van der Waals surface area (Å²) in [5, 5.41) is 0. The maximum Gasteiger partial charge on any atom is 0.178 e. The summed E-state index contributed by atoms with van der Waals surface area (Å²) in [6.07, 6.45) is 0.671. The first-order chi connectivity index (χ1) is 6.86. The first kappa shape index (κ1) is 10.4. The lowest BCUT2D eigenvalue weighted by atomic mass is 10.4. The Balaban J connectivity index is 2.65. The lowest BCUT2D eigenvalue weighted by Gasteiger charge is -1.80. The van der Waals surface area contributed by atoms with Crippen LogP contribution in [0, 0.1) is 23.7 Å². The summed E-state index contributed by atoms with van der Waals surface area (Å²) < 4.78 is 5.29. The van der Waals surface area contributed by atoms with E-state index >= 15 is 0 Å². The summed E-state index contributed by atoms with van der Waals surface area (Å²) in [6.45, 7) is 0.891. The van der Waals surface area contributed by atoms with Crippen molar-refractivity contribution >= 4 is 0 Å². The third kappa shape index (κ3) is 3.37. The van der Waals surface area contributed by atoms with E-state index < -0.39 is 0 Å². The van der Waals surface area contributed by atoms with Crippen molar-refractivity contribution in [1.82, 2.24) is 0 Å². The largest absolute Gasteiger partial charge is 0.439 e. The predicted molar refractivity (Wildman–Crippen MR) is 55.2 cm³/mol. The van der Waals surface area contributed by atoms with E-state index in [4.69, 9.17) is 15.9 Å². The molecule has 4 N–H and O–H groups in total. The second kappa shape index (κ2) is 5.88. The van der Waals surface area contributed by atoms with Crippen LogP contribution in [0.1, 0.15) is 17.9 Å². The molecule has 0 aromatic carbocycles. The summed E-state index contributed by atoms with van der Waals surface area (Å²) in [6, 6.07) is 3.55. The van der Waals surface area contributed by atoms with Gasteiger partial charge in [-0.25, -0.2) is 0 Å². The van der Waals surface area contributed by atoms with Gasteiger partial charge in [-0.05, 0) is 24.0 Å². The number of furan rings is 1. The fourth-order valence-corrected chi connectivity index (χ4v) is 0.832. The van der Waals surface area contributed by atoms with Crippen molar-refractivity contribution in [3.63, 3.8) is 0 Å². The Morgan fingerprint density at radius 2 is 1.71 bits per heavy atom. The van der Waals surface area contributed by atoms with Crippen LogP contribution in [-0.2, 0) is 0 Å². The van der Waals surface area contributed by atoms with Gasteiger partial charge in [-0.2, -0.15) is 0 Å². The van der Waals surface area contributed by atoms with Gasteiger partial charge in [0.1, 0.15) is 0 Å². The highest BCUT2D eigenvalue weighted by atomic mass is 16.3. The molecule has 1 rings (SSSR count). The average molecular weight is 188 g/mol. The molecule has 0 bridgehead atoms. The molecule has 1 heterocycles. The van der Waals surface area contributed by atoms with Gasteiger partial charge in [0.05, 0.1) is 6.54 Å². The Morgan fingerprint density at radius 1 is 1.07 bits per heavy atom. The number of hydrogen-bond donors (Lipinski definition) is 2. The van der Waals surface area contributed by atoms with Gasteiger partial charge in [0.15, 0.2) is 11.5 Å². The Labute approximate surface area is 83.5 Å². The first-order valence-electron chi connectivity index (χ1n) is 4.34. The molecule has 72 valence electrons. The quantitative estimate of drug-likeness (QED) is 0.622. The molecule has 0 atom stereocenters. The molecule has 0 amide bonds. The molecule has 0 radical (unpaired) electrons. The molecule has 1 aromatic rings. The van der Waals surface area contributed by atoms with Gasteiger partial charge >= 0.3 is 0 Å². The highest BCUT2D eigenvalue weighted by molar-refractivity contribution is 5.32. The van der Waals surface area contributed by atoms with Crippen LogP contribution in [-0.4, -0.2) is 13.1 Å². The monoisotopic (exact) mass is 188 g/mol. The molecule has 1 aromatic heterocycles. The van der Waals surface area contributed by atoms with Crippen LogP contribution in [0.25, 0.3) is 0 Å². The maximum atomic E-state index is 5.29. The minimum atomic E-state index is 0.328. The number of hydrogen-bond acceptors (Lipinski definition) is 3. The molecular formula is C11H12N2O. The Morgan fingerprint density at radius 3 is 2.29 bits per heavy atom. The van der Waals surface area contributed by atoms with Crippen molar-refractivity contribution in [2.24, 2.45) is 11.5 Å². The van der Waals surface area contributed by atoms with Crippen LogP contribution in [0.5, 0.6) is 0 Å². The lowest BCUT2D eigenvalue weighted by Crippen LogP contribution is -1.95. The molecular weight excluding hydrogens is 176 g/mol. The van der Waals surface area contributed by atoms with Crippen molar-refractivity contribution in [3.8, 4) is 23.7 Å². The highest BCUT2D eigenvalue weighted by Crippen LogP contribution is 2.04. The molecule has 0 aliphatic carbocycles. The molecule has 3 nitrogen and oxygen atoms in total. The Hall–Kier alpha value is -1.68. The van der Waals surface area contributed by atoms with Crippen molar-refractivity contribution in [2.45, 2.75) is 6.42 Å². The molecule has 0 saturated heterocycles. The summed E-state index contributed by atoms with van der Waals surface area (Å²) in [7, 11) is 0. The summed E-state index contributed by atoms with van der Waals surface area (Å²) in [5.41, 5.74) is 10.5. The first-order valence-corrected chi connectivity index (χ1v) is 4.34. The topological polar surface area (TPSA) is 65.2 Å². The molecule has 3 heteroatoms. The zero-order valence-corrected chi connectivity index (χ0v) is 7.84. The van der Waals surface area contributed by atoms with E-state index in [1.807, 2.05) is 0 Å². The van der Waals surface area contributed by atoms with Gasteiger partial charge in [0.2, 0.25) is 0 Å².